The number of nitrogens with zero attached hydrogens (tertiary/aromatic N) is 1. The molecule has 0 spiro atoms. The third-order valence-corrected chi connectivity index (χ3v) is 7.43. The molecule has 8 heteroatoms. The Labute approximate surface area is 183 Å². The number of benzene rings is 1. The van der Waals surface area contributed by atoms with Crippen LogP contribution in [0.15, 0.2) is 35.5 Å². The summed E-state index contributed by atoms with van der Waals surface area (Å²) in [5.41, 5.74) is 10.2. The summed E-state index contributed by atoms with van der Waals surface area (Å²) < 4.78 is 0. The van der Waals surface area contributed by atoms with Crippen molar-refractivity contribution in [3.8, 4) is 0 Å². The van der Waals surface area contributed by atoms with Crippen molar-refractivity contribution in [3.63, 3.8) is 0 Å². The topological polar surface area (TPSA) is 101 Å². The molecule has 4 N–H and O–H groups in total. The van der Waals surface area contributed by atoms with Gasteiger partial charge >= 0.3 is 0 Å². The van der Waals surface area contributed by atoms with E-state index in [1.54, 1.807) is 0 Å². The van der Waals surface area contributed by atoms with Gasteiger partial charge in [0, 0.05) is 17.0 Å². The van der Waals surface area contributed by atoms with E-state index in [4.69, 9.17) is 5.73 Å². The minimum absolute atomic E-state index is 0.166. The molecule has 0 radical (unpaired) electrons. The number of aromatic nitrogens is 2. The number of aromatic amines is 1. The summed E-state index contributed by atoms with van der Waals surface area (Å²) in [6.45, 7) is 3.83. The number of nitrogens with one attached hydrogen (secondary N) is 2. The third-order valence-electron chi connectivity index (χ3n) is 5.24. The van der Waals surface area contributed by atoms with Crippen LogP contribution >= 0.6 is 23.1 Å². The molecule has 4 rings (SSSR count). The fourth-order valence-electron chi connectivity index (χ4n) is 3.67. The Hall–Kier alpha value is -2.58. The highest BCUT2D eigenvalue weighted by atomic mass is 32.2. The third kappa shape index (κ3) is 4.29. The van der Waals surface area contributed by atoms with Crippen molar-refractivity contribution in [2.45, 2.75) is 49.9 Å². The zero-order valence-corrected chi connectivity index (χ0v) is 18.6. The van der Waals surface area contributed by atoms with Crippen molar-refractivity contribution in [1.82, 2.24) is 9.97 Å². The number of hydrogen-bond donors (Lipinski definition) is 3. The highest BCUT2D eigenvalue weighted by molar-refractivity contribution is 8.00. The van der Waals surface area contributed by atoms with E-state index in [9.17, 15) is 9.59 Å². The number of carbonyl (C=O) groups is 2. The van der Waals surface area contributed by atoms with Crippen LogP contribution in [0.5, 0.6) is 0 Å². The Morgan fingerprint density at radius 1 is 1.30 bits per heavy atom. The Kier molecular flexibility index (Phi) is 5.97. The Balaban J connectivity index is 1.43. The molecule has 1 unspecified atom stereocenters. The lowest BCUT2D eigenvalue weighted by Crippen LogP contribution is -2.24. The molecular weight excluding hydrogens is 416 g/mol. The van der Waals surface area contributed by atoms with Crippen molar-refractivity contribution < 1.29 is 9.59 Å². The van der Waals surface area contributed by atoms with Crippen molar-refractivity contribution in [3.05, 3.63) is 63.3 Å². The first-order chi connectivity index (χ1) is 14.4. The van der Waals surface area contributed by atoms with Crippen molar-refractivity contribution >= 4 is 39.9 Å². The zero-order valence-electron chi connectivity index (χ0n) is 17.0. The number of anilines is 1. The number of thiophene rings is 1. The number of carbonyl (C=O) groups excluding carboxylic acids is 2. The molecule has 1 aliphatic rings. The van der Waals surface area contributed by atoms with E-state index in [1.807, 2.05) is 32.0 Å². The van der Waals surface area contributed by atoms with Gasteiger partial charge in [-0.1, -0.05) is 42.1 Å². The van der Waals surface area contributed by atoms with E-state index in [-0.39, 0.29) is 11.2 Å². The van der Waals surface area contributed by atoms with Crippen LogP contribution < -0.4 is 11.1 Å². The van der Waals surface area contributed by atoms with Crippen LogP contribution in [-0.4, -0.2) is 27.0 Å². The molecule has 0 bridgehead atoms. The number of aryl methyl sites for hydroxylation is 2. The van der Waals surface area contributed by atoms with Gasteiger partial charge in [-0.15, -0.1) is 11.3 Å². The predicted octanol–water partition coefficient (Wildman–Crippen LogP) is 4.08. The summed E-state index contributed by atoms with van der Waals surface area (Å²) in [6, 6.07) is 10.2. The normalized spacial score (nSPS) is 13.8. The van der Waals surface area contributed by atoms with Crippen LogP contribution in [0, 0.1) is 6.92 Å². The maximum atomic E-state index is 12.8. The minimum atomic E-state index is -0.475. The summed E-state index contributed by atoms with van der Waals surface area (Å²) in [4.78, 5) is 33.8. The molecule has 1 aromatic carbocycles. The molecule has 0 fully saturated rings. The lowest BCUT2D eigenvalue weighted by atomic mass is 10.1. The van der Waals surface area contributed by atoms with Crippen molar-refractivity contribution in [2.75, 3.05) is 5.32 Å². The minimum Gasteiger partial charge on any atom is -0.365 e. The summed E-state index contributed by atoms with van der Waals surface area (Å²) in [7, 11) is 0. The Morgan fingerprint density at radius 2 is 2.07 bits per heavy atom. The molecule has 30 heavy (non-hydrogen) atoms. The molecule has 2 aromatic heterocycles. The molecule has 3 aromatic rings. The van der Waals surface area contributed by atoms with E-state index in [0.29, 0.717) is 15.7 Å². The van der Waals surface area contributed by atoms with Gasteiger partial charge in [0.15, 0.2) is 5.16 Å². The van der Waals surface area contributed by atoms with Crippen molar-refractivity contribution in [1.29, 1.82) is 0 Å². The second-order valence-corrected chi connectivity index (χ2v) is 9.89. The van der Waals surface area contributed by atoms with Gasteiger partial charge < -0.3 is 16.0 Å². The standard InChI is InChI=1S/C22H24N4O2S2/c1-12-16(11-14-7-4-3-5-8-14)25-22(24-12)29-13(2)20(28)26-21-18(19(23)27)15-9-6-10-17(15)30-21/h3-5,7-8,13H,6,9-11H2,1-2H3,(H2,23,27)(H,24,25)(H,26,28). The summed E-state index contributed by atoms with van der Waals surface area (Å²) >= 11 is 2.84. The van der Waals surface area contributed by atoms with Crippen LogP contribution in [0.3, 0.4) is 0 Å². The van der Waals surface area contributed by atoms with Gasteiger partial charge in [0.25, 0.3) is 5.91 Å². The second kappa shape index (κ2) is 8.65. The van der Waals surface area contributed by atoms with Gasteiger partial charge in [0.1, 0.15) is 5.00 Å². The molecule has 2 amide bonds. The zero-order chi connectivity index (χ0) is 21.3. The molecule has 0 saturated heterocycles. The Morgan fingerprint density at radius 3 is 2.80 bits per heavy atom. The van der Waals surface area contributed by atoms with Gasteiger partial charge in [0.2, 0.25) is 5.91 Å². The monoisotopic (exact) mass is 440 g/mol. The van der Waals surface area contributed by atoms with Crippen molar-refractivity contribution in [2.24, 2.45) is 5.73 Å². The van der Waals surface area contributed by atoms with E-state index in [1.165, 1.54) is 28.7 Å². The average molecular weight is 441 g/mol. The molecule has 1 atom stereocenters. The van der Waals surface area contributed by atoms with E-state index in [0.717, 1.165) is 47.5 Å². The number of fused-ring (bicyclic) bond motifs is 1. The SMILES string of the molecule is Cc1[nH]c(SC(C)C(=O)Nc2sc3c(c2C(N)=O)CCC3)nc1Cc1ccccc1. The summed E-state index contributed by atoms with van der Waals surface area (Å²) in [6.07, 6.45) is 3.56. The number of imidazole rings is 1. The van der Waals surface area contributed by atoms with Gasteiger partial charge in [-0.3, -0.25) is 9.59 Å². The van der Waals surface area contributed by atoms with Crippen LogP contribution in [0.4, 0.5) is 5.00 Å². The number of rotatable bonds is 7. The highest BCUT2D eigenvalue weighted by Crippen LogP contribution is 2.39. The molecule has 156 valence electrons. The molecule has 0 aliphatic heterocycles. The maximum absolute atomic E-state index is 12.8. The van der Waals surface area contributed by atoms with E-state index >= 15 is 0 Å². The molecule has 1 aliphatic carbocycles. The first-order valence-electron chi connectivity index (χ1n) is 9.93. The number of primary amides is 1. The number of thioether (sulfide) groups is 1. The number of nitrogens with two attached hydrogens (primary N) is 1. The van der Waals surface area contributed by atoms with Crippen LogP contribution in [0.2, 0.25) is 0 Å². The maximum Gasteiger partial charge on any atom is 0.251 e. The van der Waals surface area contributed by atoms with Crippen LogP contribution in [0.1, 0.15) is 51.1 Å². The second-order valence-electron chi connectivity index (χ2n) is 7.45. The van der Waals surface area contributed by atoms with Gasteiger partial charge in [0.05, 0.1) is 16.5 Å². The first kappa shape index (κ1) is 20.7. The predicted molar refractivity (Wildman–Crippen MR) is 121 cm³/mol. The molecule has 0 saturated carbocycles. The Bertz CT molecular complexity index is 1090. The fourth-order valence-corrected chi connectivity index (χ4v) is 5.84. The number of amides is 2. The molecular formula is C22H24N4O2S2. The molecule has 2 heterocycles. The van der Waals surface area contributed by atoms with Gasteiger partial charge in [-0.2, -0.15) is 0 Å². The van der Waals surface area contributed by atoms with Gasteiger partial charge in [-0.05, 0) is 44.2 Å². The van der Waals surface area contributed by atoms with Crippen LogP contribution in [0.25, 0.3) is 0 Å². The van der Waals surface area contributed by atoms with E-state index in [2.05, 4.69) is 27.4 Å². The van der Waals surface area contributed by atoms with E-state index < -0.39 is 5.91 Å². The number of hydrogen-bond acceptors (Lipinski definition) is 5. The molecule has 6 nitrogen and oxygen atoms in total. The summed E-state index contributed by atoms with van der Waals surface area (Å²) in [5, 5.41) is 3.83. The number of H-pyrrole nitrogens is 1. The quantitative estimate of drug-likeness (QED) is 0.482. The smallest absolute Gasteiger partial charge is 0.251 e. The largest absolute Gasteiger partial charge is 0.365 e. The lowest BCUT2D eigenvalue weighted by molar-refractivity contribution is -0.115. The lowest BCUT2D eigenvalue weighted by Gasteiger charge is -2.10. The first-order valence-corrected chi connectivity index (χ1v) is 11.6. The summed E-state index contributed by atoms with van der Waals surface area (Å²) in [5.74, 6) is -0.640. The van der Waals surface area contributed by atoms with Gasteiger partial charge in [-0.25, -0.2) is 4.98 Å². The fraction of sp³-hybridized carbons (Fsp3) is 0.318. The average Bonchev–Trinajstić information content (AvgIpc) is 3.37. The highest BCUT2D eigenvalue weighted by Gasteiger charge is 2.27. The van der Waals surface area contributed by atoms with Crippen LogP contribution in [-0.2, 0) is 24.1 Å².